The van der Waals surface area contributed by atoms with E-state index >= 15 is 0 Å². The molecule has 1 aliphatic heterocycles. The molecule has 1 aliphatic rings. The zero-order valence-electron chi connectivity index (χ0n) is 14.9. The standard InChI is InChI=1S/C18H19FN6OS/c1-13-21-22-18-17(20-6-7-25(13)18)24-10-8-23(9-11-24)16(26)12-27-15-4-2-14(19)3-5-15/h2-7H,8-12H2,1H3. The Labute approximate surface area is 160 Å². The van der Waals surface area contributed by atoms with Gasteiger partial charge in [0.25, 0.3) is 0 Å². The van der Waals surface area contributed by atoms with E-state index in [2.05, 4.69) is 20.1 Å². The number of aryl methyl sites for hydroxylation is 1. The summed E-state index contributed by atoms with van der Waals surface area (Å²) in [5.41, 5.74) is 0.738. The molecular formula is C18H19FN6OS. The number of amides is 1. The minimum absolute atomic E-state index is 0.0912. The highest BCUT2D eigenvalue weighted by Crippen LogP contribution is 2.21. The lowest BCUT2D eigenvalue weighted by Gasteiger charge is -2.35. The fourth-order valence-electron chi connectivity index (χ4n) is 3.09. The van der Waals surface area contributed by atoms with Gasteiger partial charge in [-0.1, -0.05) is 0 Å². The largest absolute Gasteiger partial charge is 0.350 e. The lowest BCUT2D eigenvalue weighted by Crippen LogP contribution is -2.49. The predicted octanol–water partition coefficient (Wildman–Crippen LogP) is 2.01. The zero-order valence-corrected chi connectivity index (χ0v) is 15.7. The number of aromatic nitrogens is 4. The molecule has 0 N–H and O–H groups in total. The van der Waals surface area contributed by atoms with Crippen molar-refractivity contribution in [2.45, 2.75) is 11.8 Å². The summed E-state index contributed by atoms with van der Waals surface area (Å²) in [6.45, 7) is 4.58. The summed E-state index contributed by atoms with van der Waals surface area (Å²) in [7, 11) is 0. The van der Waals surface area contributed by atoms with Crippen molar-refractivity contribution in [2.24, 2.45) is 0 Å². The predicted molar refractivity (Wildman–Crippen MR) is 101 cm³/mol. The molecular weight excluding hydrogens is 367 g/mol. The van der Waals surface area contributed by atoms with Gasteiger partial charge in [0.05, 0.1) is 5.75 Å². The number of fused-ring (bicyclic) bond motifs is 1. The first kappa shape index (κ1) is 17.7. The molecule has 1 saturated heterocycles. The second-order valence-corrected chi connectivity index (χ2v) is 7.35. The van der Waals surface area contributed by atoms with Crippen LogP contribution in [-0.2, 0) is 4.79 Å². The molecule has 0 radical (unpaired) electrons. The maximum absolute atomic E-state index is 12.9. The van der Waals surface area contributed by atoms with E-state index in [9.17, 15) is 9.18 Å². The number of thioether (sulfide) groups is 1. The zero-order chi connectivity index (χ0) is 18.8. The minimum atomic E-state index is -0.270. The minimum Gasteiger partial charge on any atom is -0.350 e. The molecule has 0 unspecified atom stereocenters. The van der Waals surface area contributed by atoms with Crippen LogP contribution in [-0.4, -0.2) is 62.3 Å². The molecule has 3 heterocycles. The van der Waals surface area contributed by atoms with Crippen LogP contribution < -0.4 is 4.90 Å². The Balaban J connectivity index is 1.35. The van der Waals surface area contributed by atoms with Crippen LogP contribution in [0.15, 0.2) is 41.6 Å². The van der Waals surface area contributed by atoms with Crippen molar-refractivity contribution >= 4 is 29.1 Å². The maximum Gasteiger partial charge on any atom is 0.233 e. The fraction of sp³-hybridized carbons (Fsp3) is 0.333. The lowest BCUT2D eigenvalue weighted by atomic mass is 10.3. The molecule has 0 spiro atoms. The first-order valence-corrected chi connectivity index (χ1v) is 9.68. The number of piperazine rings is 1. The molecule has 0 saturated carbocycles. The number of benzene rings is 1. The number of carbonyl (C=O) groups excluding carboxylic acids is 1. The molecule has 140 valence electrons. The van der Waals surface area contributed by atoms with E-state index in [-0.39, 0.29) is 11.7 Å². The van der Waals surface area contributed by atoms with Crippen molar-refractivity contribution in [2.75, 3.05) is 36.8 Å². The van der Waals surface area contributed by atoms with Crippen molar-refractivity contribution in [1.29, 1.82) is 0 Å². The molecule has 1 fully saturated rings. The Kier molecular flexibility index (Phi) is 4.93. The van der Waals surface area contributed by atoms with Crippen LogP contribution in [0.1, 0.15) is 5.82 Å². The molecule has 1 aromatic carbocycles. The van der Waals surface area contributed by atoms with Crippen LogP contribution in [0.5, 0.6) is 0 Å². The number of nitrogens with zero attached hydrogens (tertiary/aromatic N) is 6. The average molecular weight is 386 g/mol. The van der Waals surface area contributed by atoms with Crippen LogP contribution in [0.4, 0.5) is 10.2 Å². The normalized spacial score (nSPS) is 14.7. The van der Waals surface area contributed by atoms with Gasteiger partial charge in [-0.25, -0.2) is 9.37 Å². The summed E-state index contributed by atoms with van der Waals surface area (Å²) >= 11 is 1.43. The Bertz CT molecular complexity index is 952. The van der Waals surface area contributed by atoms with Gasteiger partial charge in [0, 0.05) is 43.5 Å². The Morgan fingerprint density at radius 3 is 2.63 bits per heavy atom. The van der Waals surface area contributed by atoms with Crippen LogP contribution in [0.3, 0.4) is 0 Å². The molecule has 0 bridgehead atoms. The van der Waals surface area contributed by atoms with Crippen LogP contribution in [0, 0.1) is 12.7 Å². The van der Waals surface area contributed by atoms with E-state index in [1.165, 1.54) is 23.9 Å². The first-order valence-electron chi connectivity index (χ1n) is 8.69. The highest BCUT2D eigenvalue weighted by Gasteiger charge is 2.24. The number of hydrogen-bond donors (Lipinski definition) is 0. The first-order chi connectivity index (χ1) is 13.1. The van der Waals surface area contributed by atoms with E-state index in [4.69, 9.17) is 0 Å². The Hall–Kier alpha value is -2.68. The maximum atomic E-state index is 12.9. The van der Waals surface area contributed by atoms with Crippen molar-refractivity contribution in [3.8, 4) is 0 Å². The average Bonchev–Trinajstić information content (AvgIpc) is 3.09. The van der Waals surface area contributed by atoms with E-state index in [0.717, 1.165) is 22.2 Å². The summed E-state index contributed by atoms with van der Waals surface area (Å²) in [6.07, 6.45) is 3.59. The van der Waals surface area contributed by atoms with Gasteiger partial charge in [0.2, 0.25) is 11.6 Å². The number of carbonyl (C=O) groups is 1. The second kappa shape index (κ2) is 7.51. The van der Waals surface area contributed by atoms with Crippen LogP contribution >= 0.6 is 11.8 Å². The van der Waals surface area contributed by atoms with Gasteiger partial charge in [-0.15, -0.1) is 22.0 Å². The number of rotatable bonds is 4. The summed E-state index contributed by atoms with van der Waals surface area (Å²) in [5.74, 6) is 1.79. The highest BCUT2D eigenvalue weighted by atomic mass is 32.2. The molecule has 1 amide bonds. The fourth-order valence-corrected chi connectivity index (χ4v) is 3.89. The van der Waals surface area contributed by atoms with Crippen molar-refractivity contribution in [3.05, 3.63) is 48.3 Å². The molecule has 9 heteroatoms. The van der Waals surface area contributed by atoms with Gasteiger partial charge in [0.15, 0.2) is 5.82 Å². The van der Waals surface area contributed by atoms with Gasteiger partial charge in [-0.3, -0.25) is 9.20 Å². The van der Waals surface area contributed by atoms with Crippen molar-refractivity contribution in [1.82, 2.24) is 24.5 Å². The molecule has 7 nitrogen and oxygen atoms in total. The van der Waals surface area contributed by atoms with Gasteiger partial charge >= 0.3 is 0 Å². The van der Waals surface area contributed by atoms with Crippen molar-refractivity contribution in [3.63, 3.8) is 0 Å². The molecule has 0 aliphatic carbocycles. The van der Waals surface area contributed by atoms with E-state index in [1.807, 2.05) is 22.4 Å². The third-order valence-corrected chi connectivity index (χ3v) is 5.58. The lowest BCUT2D eigenvalue weighted by molar-refractivity contribution is -0.128. The van der Waals surface area contributed by atoms with Crippen LogP contribution in [0.2, 0.25) is 0 Å². The van der Waals surface area contributed by atoms with E-state index in [0.29, 0.717) is 31.9 Å². The Morgan fingerprint density at radius 1 is 1.15 bits per heavy atom. The molecule has 2 aromatic heterocycles. The smallest absolute Gasteiger partial charge is 0.233 e. The highest BCUT2D eigenvalue weighted by molar-refractivity contribution is 8.00. The summed E-state index contributed by atoms with van der Waals surface area (Å²) in [4.78, 5) is 21.8. The number of halogens is 1. The SMILES string of the molecule is Cc1nnc2c(N3CCN(C(=O)CSc4ccc(F)cc4)CC3)nccn12. The molecule has 0 atom stereocenters. The second-order valence-electron chi connectivity index (χ2n) is 6.30. The summed E-state index contributed by atoms with van der Waals surface area (Å²) in [5, 5.41) is 8.32. The quantitative estimate of drug-likeness (QED) is 0.639. The van der Waals surface area contributed by atoms with Gasteiger partial charge in [-0.2, -0.15) is 0 Å². The van der Waals surface area contributed by atoms with Crippen molar-refractivity contribution < 1.29 is 9.18 Å². The third-order valence-electron chi connectivity index (χ3n) is 4.59. The van der Waals surface area contributed by atoms with Gasteiger partial charge in [0.1, 0.15) is 11.6 Å². The molecule has 27 heavy (non-hydrogen) atoms. The van der Waals surface area contributed by atoms with Crippen LogP contribution in [0.25, 0.3) is 5.65 Å². The number of hydrogen-bond acceptors (Lipinski definition) is 6. The molecule has 4 rings (SSSR count). The van der Waals surface area contributed by atoms with Gasteiger partial charge < -0.3 is 9.80 Å². The third kappa shape index (κ3) is 3.73. The monoisotopic (exact) mass is 386 g/mol. The van der Waals surface area contributed by atoms with E-state index < -0.39 is 0 Å². The topological polar surface area (TPSA) is 66.6 Å². The Morgan fingerprint density at radius 2 is 1.89 bits per heavy atom. The summed E-state index contributed by atoms with van der Waals surface area (Å²) < 4.78 is 14.9. The summed E-state index contributed by atoms with van der Waals surface area (Å²) in [6, 6.07) is 6.20. The van der Waals surface area contributed by atoms with E-state index in [1.54, 1.807) is 18.3 Å². The van der Waals surface area contributed by atoms with Gasteiger partial charge in [-0.05, 0) is 31.2 Å². The number of anilines is 1. The molecule has 3 aromatic rings.